The Kier molecular flexibility index (Phi) is 4.33. The summed E-state index contributed by atoms with van der Waals surface area (Å²) >= 11 is 0. The van der Waals surface area contributed by atoms with E-state index in [4.69, 9.17) is 0 Å². The molecule has 0 radical (unpaired) electrons. The number of aliphatic hydroxyl groups is 3. The number of Topliss-reactive ketones (excluding diaryl/α,β-unsaturated/α-hetero) is 1. The first-order valence-electron chi connectivity index (χ1n) is 10.7. The molecule has 0 aromatic rings. The maximum absolute atomic E-state index is 12.5. The van der Waals surface area contributed by atoms with Gasteiger partial charge in [-0.05, 0) is 61.9 Å². The third-order valence-corrected chi connectivity index (χ3v) is 9.89. The minimum Gasteiger partial charge on any atom is -0.392 e. The fourth-order valence-electron chi connectivity index (χ4n) is 7.93. The molecule has 4 rings (SSSR count). The van der Waals surface area contributed by atoms with Crippen LogP contribution in [0.2, 0.25) is 0 Å². The van der Waals surface area contributed by atoms with E-state index in [1.165, 1.54) is 0 Å². The van der Waals surface area contributed by atoms with Gasteiger partial charge in [-0.25, -0.2) is 0 Å². The average Bonchev–Trinajstić information content (AvgIpc) is 2.89. The summed E-state index contributed by atoms with van der Waals surface area (Å²) < 4.78 is 0. The van der Waals surface area contributed by atoms with Crippen molar-refractivity contribution in [3.05, 3.63) is 11.6 Å². The van der Waals surface area contributed by atoms with Gasteiger partial charge in [-0.15, -0.1) is 0 Å². The summed E-state index contributed by atoms with van der Waals surface area (Å²) in [6.45, 7) is 7.62. The van der Waals surface area contributed by atoms with Crippen LogP contribution in [0.15, 0.2) is 11.6 Å². The molecule has 0 saturated heterocycles. The van der Waals surface area contributed by atoms with Gasteiger partial charge < -0.3 is 15.3 Å². The van der Waals surface area contributed by atoms with Crippen molar-refractivity contribution in [1.82, 2.24) is 0 Å². The van der Waals surface area contributed by atoms with Gasteiger partial charge >= 0.3 is 0 Å². The van der Waals surface area contributed by atoms with Crippen molar-refractivity contribution in [2.75, 3.05) is 6.61 Å². The maximum Gasteiger partial charge on any atom is 0.190 e. The van der Waals surface area contributed by atoms with Crippen LogP contribution in [0.3, 0.4) is 0 Å². The molecule has 0 spiro atoms. The van der Waals surface area contributed by atoms with Gasteiger partial charge in [0.05, 0.1) is 6.10 Å². The number of ketones is 2. The summed E-state index contributed by atoms with van der Waals surface area (Å²) in [5.74, 6) is -0.0976. The monoisotopic (exact) mass is 390 g/mol. The van der Waals surface area contributed by atoms with Gasteiger partial charge in [-0.1, -0.05) is 33.3 Å². The third-order valence-electron chi connectivity index (χ3n) is 9.89. The van der Waals surface area contributed by atoms with Crippen LogP contribution in [0, 0.1) is 34.0 Å². The fraction of sp³-hybridized carbons (Fsp3) is 0.826. The first kappa shape index (κ1) is 20.2. The van der Waals surface area contributed by atoms with Crippen molar-refractivity contribution in [2.24, 2.45) is 34.0 Å². The molecule has 8 atom stereocenters. The van der Waals surface area contributed by atoms with E-state index in [0.717, 1.165) is 31.3 Å². The lowest BCUT2D eigenvalue weighted by Gasteiger charge is -2.66. The van der Waals surface area contributed by atoms with Crippen molar-refractivity contribution in [3.8, 4) is 0 Å². The van der Waals surface area contributed by atoms with Crippen molar-refractivity contribution in [3.63, 3.8) is 0 Å². The average molecular weight is 391 g/mol. The molecule has 0 amide bonds. The smallest absolute Gasteiger partial charge is 0.190 e. The molecule has 4 aliphatic carbocycles. The number of fused-ring (bicyclic) bond motifs is 5. The van der Waals surface area contributed by atoms with Gasteiger partial charge in [0.2, 0.25) is 0 Å². The number of carbonyl (C=O) groups is 2. The Balaban J connectivity index is 1.80. The van der Waals surface area contributed by atoms with Crippen molar-refractivity contribution in [1.29, 1.82) is 0 Å². The highest BCUT2D eigenvalue weighted by atomic mass is 16.3. The molecule has 3 N–H and O–H groups in total. The van der Waals surface area contributed by atoms with E-state index in [1.54, 1.807) is 0 Å². The molecule has 5 nitrogen and oxygen atoms in total. The lowest BCUT2D eigenvalue weighted by Crippen LogP contribution is -2.66. The van der Waals surface area contributed by atoms with Gasteiger partial charge in [0.15, 0.2) is 11.6 Å². The Labute approximate surface area is 167 Å². The van der Waals surface area contributed by atoms with Crippen LogP contribution in [0.25, 0.3) is 0 Å². The molecule has 3 fully saturated rings. The molecule has 0 bridgehead atoms. The highest BCUT2D eigenvalue weighted by molar-refractivity contribution is 5.93. The SMILES string of the molecule is C[C@@H]1C[C@@]2(C)C(=CC1=O)CC[C@H]1[C@@H]3CC[C@](O)(C(=O)CO)[C@@]3(C)C[C@H](O)[C@@]12C. The van der Waals surface area contributed by atoms with E-state index in [1.807, 2.05) is 19.9 Å². The quantitative estimate of drug-likeness (QED) is 0.673. The van der Waals surface area contributed by atoms with Gasteiger partial charge in [0.25, 0.3) is 0 Å². The molecule has 0 aromatic heterocycles. The zero-order valence-corrected chi connectivity index (χ0v) is 17.5. The summed E-state index contributed by atoms with van der Waals surface area (Å²) in [5.41, 5.74) is -1.79. The zero-order valence-electron chi connectivity index (χ0n) is 17.5. The molecule has 156 valence electrons. The highest BCUT2D eigenvalue weighted by Gasteiger charge is 2.72. The Morgan fingerprint density at radius 1 is 1.18 bits per heavy atom. The minimum atomic E-state index is -1.57. The first-order valence-corrected chi connectivity index (χ1v) is 10.7. The second kappa shape index (κ2) is 5.99. The first-order chi connectivity index (χ1) is 13.0. The molecule has 28 heavy (non-hydrogen) atoms. The number of aliphatic hydroxyl groups excluding tert-OH is 2. The molecule has 5 heteroatoms. The van der Waals surface area contributed by atoms with Crippen LogP contribution >= 0.6 is 0 Å². The van der Waals surface area contributed by atoms with E-state index >= 15 is 0 Å². The van der Waals surface area contributed by atoms with E-state index in [2.05, 4.69) is 13.8 Å². The van der Waals surface area contributed by atoms with E-state index in [9.17, 15) is 24.9 Å². The molecule has 3 saturated carbocycles. The van der Waals surface area contributed by atoms with Crippen molar-refractivity contribution in [2.45, 2.75) is 77.9 Å². The maximum atomic E-state index is 12.5. The summed E-state index contributed by atoms with van der Waals surface area (Å²) in [6.07, 6.45) is 5.01. The normalized spacial score (nSPS) is 53.1. The number of carbonyl (C=O) groups excluding carboxylic acids is 2. The van der Waals surface area contributed by atoms with Gasteiger partial charge in [-0.3, -0.25) is 9.59 Å². The molecular weight excluding hydrogens is 356 g/mol. The van der Waals surface area contributed by atoms with Crippen LogP contribution in [0.1, 0.15) is 66.2 Å². The Morgan fingerprint density at radius 2 is 1.86 bits per heavy atom. The number of hydrogen-bond acceptors (Lipinski definition) is 5. The molecule has 0 aliphatic heterocycles. The predicted molar refractivity (Wildman–Crippen MR) is 104 cm³/mol. The summed E-state index contributed by atoms with van der Waals surface area (Å²) in [6, 6.07) is 0. The van der Waals surface area contributed by atoms with Crippen LogP contribution in [0.4, 0.5) is 0 Å². The van der Waals surface area contributed by atoms with Crippen LogP contribution < -0.4 is 0 Å². The standard InChI is InChI=1S/C23H34O5/c1-13-10-20(2)14(9-17(13)25)5-6-16-15-7-8-23(28,19(27)12-24)21(15,3)11-18(26)22(16,20)4/h9,13,15-16,18,24,26,28H,5-8,10-12H2,1-4H3/t13-,15+,16+,18+,20+,21+,22-,23+/m1/s1. The number of allylic oxidation sites excluding steroid dienone is 1. The zero-order chi connectivity index (χ0) is 20.7. The largest absolute Gasteiger partial charge is 0.392 e. The molecular formula is C23H34O5. The predicted octanol–water partition coefficient (Wildman–Crippen LogP) is 2.42. The lowest BCUT2D eigenvalue weighted by atomic mass is 9.38. The van der Waals surface area contributed by atoms with Crippen LogP contribution in [-0.4, -0.2) is 45.2 Å². The van der Waals surface area contributed by atoms with Crippen LogP contribution in [0.5, 0.6) is 0 Å². The number of hydrogen-bond donors (Lipinski definition) is 3. The molecule has 0 unspecified atom stereocenters. The summed E-state index contributed by atoms with van der Waals surface area (Å²) in [5, 5.41) is 32.3. The Hall–Kier alpha value is -1.04. The molecule has 0 heterocycles. The highest BCUT2D eigenvalue weighted by Crippen LogP contribution is 2.72. The topological polar surface area (TPSA) is 94.8 Å². The summed E-state index contributed by atoms with van der Waals surface area (Å²) in [4.78, 5) is 24.8. The Morgan fingerprint density at radius 3 is 2.50 bits per heavy atom. The minimum absolute atomic E-state index is 0.0543. The lowest BCUT2D eigenvalue weighted by molar-refractivity contribution is -0.216. The van der Waals surface area contributed by atoms with Crippen molar-refractivity contribution >= 4 is 11.6 Å². The van der Waals surface area contributed by atoms with Crippen molar-refractivity contribution < 1.29 is 24.9 Å². The number of rotatable bonds is 2. The van der Waals surface area contributed by atoms with Gasteiger partial charge in [0, 0.05) is 16.7 Å². The fourth-order valence-corrected chi connectivity index (χ4v) is 7.93. The van der Waals surface area contributed by atoms with E-state index in [-0.39, 0.29) is 29.0 Å². The van der Waals surface area contributed by atoms with Gasteiger partial charge in [-0.2, -0.15) is 0 Å². The Bertz CT molecular complexity index is 758. The second-order valence-corrected chi connectivity index (χ2v) is 10.7. The second-order valence-electron chi connectivity index (χ2n) is 10.7. The van der Waals surface area contributed by atoms with E-state index in [0.29, 0.717) is 12.8 Å². The van der Waals surface area contributed by atoms with E-state index < -0.39 is 34.9 Å². The van der Waals surface area contributed by atoms with Gasteiger partial charge in [0.1, 0.15) is 12.2 Å². The molecule has 0 aromatic carbocycles. The van der Waals surface area contributed by atoms with Crippen LogP contribution in [-0.2, 0) is 9.59 Å². The summed E-state index contributed by atoms with van der Waals surface area (Å²) in [7, 11) is 0. The molecule has 4 aliphatic rings. The third kappa shape index (κ3) is 2.13.